The van der Waals surface area contributed by atoms with Crippen molar-refractivity contribution in [1.82, 2.24) is 0 Å². The van der Waals surface area contributed by atoms with Gasteiger partial charge in [0.2, 0.25) is 0 Å². The zero-order chi connectivity index (χ0) is 23.9. The van der Waals surface area contributed by atoms with Gasteiger partial charge in [0.1, 0.15) is 34.7 Å². The van der Waals surface area contributed by atoms with E-state index in [2.05, 4.69) is 0 Å². The molecular formula is C24H42FeO6. The summed E-state index contributed by atoms with van der Waals surface area (Å²) in [6.45, 7) is 10.4. The van der Waals surface area contributed by atoms with E-state index in [0.29, 0.717) is 19.3 Å². The standard InChI is InChI=1S/3C8H14O2.Fe/c3*1-3-4-5-8(10)6-7(2)9;/h3*3-6H2,1-2H3;. The molecule has 0 aliphatic heterocycles. The zero-order valence-electron chi connectivity index (χ0n) is 20.3. The Hall–Kier alpha value is -1.46. The van der Waals surface area contributed by atoms with E-state index >= 15 is 0 Å². The van der Waals surface area contributed by atoms with E-state index in [-0.39, 0.29) is 71.0 Å². The number of unbranched alkanes of at least 4 members (excludes halogenated alkanes) is 3. The van der Waals surface area contributed by atoms with E-state index in [1.54, 1.807) is 0 Å². The first kappa shape index (κ1) is 36.9. The van der Waals surface area contributed by atoms with Crippen LogP contribution < -0.4 is 0 Å². The van der Waals surface area contributed by atoms with Gasteiger partial charge < -0.3 is 0 Å². The Morgan fingerprint density at radius 1 is 0.452 bits per heavy atom. The van der Waals surface area contributed by atoms with Crippen molar-refractivity contribution < 1.29 is 45.8 Å². The van der Waals surface area contributed by atoms with Gasteiger partial charge in [-0.25, -0.2) is 0 Å². The number of carbonyl (C=O) groups is 6. The van der Waals surface area contributed by atoms with Crippen molar-refractivity contribution in [3.63, 3.8) is 0 Å². The van der Waals surface area contributed by atoms with E-state index in [1.165, 1.54) is 20.8 Å². The molecule has 0 radical (unpaired) electrons. The van der Waals surface area contributed by atoms with Crippen LogP contribution in [0.25, 0.3) is 0 Å². The Balaban J connectivity index is -0.000000174. The molecule has 0 heterocycles. The minimum absolute atomic E-state index is 0. The van der Waals surface area contributed by atoms with Gasteiger partial charge >= 0.3 is 0 Å². The van der Waals surface area contributed by atoms with Crippen molar-refractivity contribution >= 4 is 34.7 Å². The van der Waals surface area contributed by atoms with Gasteiger partial charge in [-0.2, -0.15) is 0 Å². The third-order valence-corrected chi connectivity index (χ3v) is 3.77. The van der Waals surface area contributed by atoms with Crippen LogP contribution in [0.15, 0.2) is 0 Å². The van der Waals surface area contributed by atoms with Gasteiger partial charge in [-0.15, -0.1) is 0 Å². The fraction of sp³-hybridized carbons (Fsp3) is 0.750. The number of hydrogen-bond acceptors (Lipinski definition) is 6. The summed E-state index contributed by atoms with van der Waals surface area (Å²) in [5, 5.41) is 0. The smallest absolute Gasteiger partial charge is 0.140 e. The largest absolute Gasteiger partial charge is 0.300 e. The normalized spacial score (nSPS) is 9.10. The number of hydrogen-bond donors (Lipinski definition) is 0. The molecule has 182 valence electrons. The van der Waals surface area contributed by atoms with Crippen molar-refractivity contribution in [3.05, 3.63) is 0 Å². The van der Waals surface area contributed by atoms with Crippen LogP contribution >= 0.6 is 0 Å². The zero-order valence-corrected chi connectivity index (χ0v) is 21.4. The molecule has 0 amide bonds. The second-order valence-electron chi connectivity index (χ2n) is 7.56. The monoisotopic (exact) mass is 482 g/mol. The Kier molecular flexibility index (Phi) is 31.6. The predicted molar refractivity (Wildman–Crippen MR) is 119 cm³/mol. The van der Waals surface area contributed by atoms with Gasteiger partial charge in [0.05, 0.1) is 19.3 Å². The summed E-state index contributed by atoms with van der Waals surface area (Å²) in [6, 6.07) is 0. The Morgan fingerprint density at radius 2 is 0.645 bits per heavy atom. The molecule has 0 rings (SSSR count). The van der Waals surface area contributed by atoms with E-state index in [9.17, 15) is 28.8 Å². The van der Waals surface area contributed by atoms with Crippen LogP contribution in [0.2, 0.25) is 0 Å². The topological polar surface area (TPSA) is 102 Å². The first-order valence-electron chi connectivity index (χ1n) is 11.0. The molecule has 0 spiro atoms. The fourth-order valence-corrected chi connectivity index (χ4v) is 2.22. The molecule has 0 bridgehead atoms. The number of Topliss-reactive ketones (excluding diaryl/α,β-unsaturated/α-hetero) is 6. The summed E-state index contributed by atoms with van der Waals surface area (Å²) < 4.78 is 0. The van der Waals surface area contributed by atoms with Crippen molar-refractivity contribution in [2.24, 2.45) is 0 Å². The molecule has 0 saturated carbocycles. The number of ketones is 6. The quantitative estimate of drug-likeness (QED) is 0.236. The molecule has 0 aromatic rings. The molecule has 0 saturated heterocycles. The van der Waals surface area contributed by atoms with Crippen molar-refractivity contribution in [1.29, 1.82) is 0 Å². The Labute approximate surface area is 199 Å². The minimum Gasteiger partial charge on any atom is -0.300 e. The van der Waals surface area contributed by atoms with Crippen LogP contribution in [0.1, 0.15) is 119 Å². The molecule has 0 aromatic carbocycles. The van der Waals surface area contributed by atoms with Gasteiger partial charge in [0.25, 0.3) is 0 Å². The Morgan fingerprint density at radius 3 is 0.774 bits per heavy atom. The van der Waals surface area contributed by atoms with Crippen LogP contribution in [0.5, 0.6) is 0 Å². The van der Waals surface area contributed by atoms with E-state index < -0.39 is 0 Å². The van der Waals surface area contributed by atoms with Crippen molar-refractivity contribution in [2.45, 2.75) is 119 Å². The SMILES string of the molecule is CCCCC(=O)CC(C)=O.CCCCC(=O)CC(C)=O.CCCCC(=O)CC(C)=O.[Fe]. The summed E-state index contributed by atoms with van der Waals surface area (Å²) in [5.74, 6) is 0.154. The minimum atomic E-state index is -0.0268. The first-order chi connectivity index (χ1) is 14.0. The van der Waals surface area contributed by atoms with Crippen LogP contribution in [-0.4, -0.2) is 34.7 Å². The molecule has 0 aromatic heterocycles. The van der Waals surface area contributed by atoms with Crippen LogP contribution in [-0.2, 0) is 45.8 Å². The average Bonchev–Trinajstić information content (AvgIpc) is 2.62. The second kappa shape index (κ2) is 26.6. The Bertz CT molecular complexity index is 464. The summed E-state index contributed by atoms with van der Waals surface area (Å²) in [5.41, 5.74) is 0. The molecule has 0 fully saturated rings. The molecule has 0 atom stereocenters. The van der Waals surface area contributed by atoms with E-state index in [1.807, 2.05) is 20.8 Å². The van der Waals surface area contributed by atoms with E-state index in [0.717, 1.165) is 38.5 Å². The summed E-state index contributed by atoms with van der Waals surface area (Å²) in [7, 11) is 0. The molecule has 7 heteroatoms. The summed E-state index contributed by atoms with van der Waals surface area (Å²) >= 11 is 0. The van der Waals surface area contributed by atoms with E-state index in [4.69, 9.17) is 0 Å². The molecule has 0 unspecified atom stereocenters. The van der Waals surface area contributed by atoms with Crippen LogP contribution in [0.3, 0.4) is 0 Å². The van der Waals surface area contributed by atoms with Gasteiger partial charge in [-0.3, -0.25) is 28.8 Å². The maximum Gasteiger partial charge on any atom is 0.140 e. The third-order valence-electron chi connectivity index (χ3n) is 3.77. The third kappa shape index (κ3) is 39.6. The molecule has 0 aliphatic rings. The molecule has 0 N–H and O–H groups in total. The first-order valence-corrected chi connectivity index (χ1v) is 11.0. The van der Waals surface area contributed by atoms with Crippen LogP contribution in [0.4, 0.5) is 0 Å². The number of rotatable bonds is 15. The molecule has 31 heavy (non-hydrogen) atoms. The maximum atomic E-state index is 10.8. The predicted octanol–water partition coefficient (Wildman–Crippen LogP) is 5.17. The fourth-order valence-electron chi connectivity index (χ4n) is 2.22. The maximum absolute atomic E-state index is 10.8. The molecule has 6 nitrogen and oxygen atoms in total. The molecular weight excluding hydrogens is 440 g/mol. The summed E-state index contributed by atoms with van der Waals surface area (Å²) in [6.07, 6.45) is 7.85. The number of carbonyl (C=O) groups excluding carboxylic acids is 6. The van der Waals surface area contributed by atoms with Crippen LogP contribution in [0, 0.1) is 0 Å². The summed E-state index contributed by atoms with van der Waals surface area (Å²) in [4.78, 5) is 63.6. The van der Waals surface area contributed by atoms with Gasteiger partial charge in [0, 0.05) is 36.3 Å². The average molecular weight is 482 g/mol. The second-order valence-corrected chi connectivity index (χ2v) is 7.56. The molecule has 0 aliphatic carbocycles. The van der Waals surface area contributed by atoms with Crippen molar-refractivity contribution in [2.75, 3.05) is 0 Å². The van der Waals surface area contributed by atoms with Crippen molar-refractivity contribution in [3.8, 4) is 0 Å². The van der Waals surface area contributed by atoms with Gasteiger partial charge in [-0.05, 0) is 40.0 Å². The van der Waals surface area contributed by atoms with Gasteiger partial charge in [-0.1, -0.05) is 40.0 Å². The van der Waals surface area contributed by atoms with Gasteiger partial charge in [0.15, 0.2) is 0 Å².